The summed E-state index contributed by atoms with van der Waals surface area (Å²) in [6.07, 6.45) is 3.53. The van der Waals surface area contributed by atoms with Crippen molar-refractivity contribution >= 4 is 34.2 Å². The normalized spacial score (nSPS) is 12.9. The zero-order valence-corrected chi connectivity index (χ0v) is 16.4. The predicted molar refractivity (Wildman–Crippen MR) is 105 cm³/mol. The lowest BCUT2D eigenvalue weighted by atomic mass is 9.90. The van der Waals surface area contributed by atoms with Crippen molar-refractivity contribution in [3.8, 4) is 0 Å². The lowest BCUT2D eigenvalue weighted by molar-refractivity contribution is 0.0937. The number of rotatable bonds is 3. The number of hydrogen-bond acceptors (Lipinski definition) is 5. The number of carbonyl (C=O) groups is 3. The highest BCUT2D eigenvalue weighted by molar-refractivity contribution is 7.16. The molecule has 0 atom stereocenters. The van der Waals surface area contributed by atoms with Crippen molar-refractivity contribution in [2.75, 3.05) is 12.4 Å². The van der Waals surface area contributed by atoms with Crippen molar-refractivity contribution in [3.63, 3.8) is 0 Å². The van der Waals surface area contributed by atoms with E-state index in [9.17, 15) is 14.4 Å². The third-order valence-electron chi connectivity index (χ3n) is 4.85. The fourth-order valence-corrected chi connectivity index (χ4v) is 4.30. The topological polar surface area (TPSA) is 84.5 Å². The number of nitrogens with one attached hydrogen (secondary N) is 2. The van der Waals surface area contributed by atoms with Crippen LogP contribution in [0.2, 0.25) is 0 Å². The van der Waals surface area contributed by atoms with Gasteiger partial charge in [-0.1, -0.05) is 6.07 Å². The van der Waals surface area contributed by atoms with Gasteiger partial charge < -0.3 is 10.1 Å². The molecule has 2 aromatic rings. The smallest absolute Gasteiger partial charge is 0.413 e. The summed E-state index contributed by atoms with van der Waals surface area (Å²) in [5.74, 6) is -0.860. The molecule has 1 aromatic heterocycles. The Labute approximate surface area is 161 Å². The third-order valence-corrected chi connectivity index (χ3v) is 5.97. The Morgan fingerprint density at radius 1 is 1.04 bits per heavy atom. The van der Waals surface area contributed by atoms with Gasteiger partial charge in [0, 0.05) is 10.4 Å². The van der Waals surface area contributed by atoms with E-state index >= 15 is 0 Å². The van der Waals surface area contributed by atoms with E-state index in [0.29, 0.717) is 10.6 Å². The van der Waals surface area contributed by atoms with Gasteiger partial charge in [0.25, 0.3) is 11.8 Å². The first kappa shape index (κ1) is 19.1. The Morgan fingerprint density at radius 3 is 2.44 bits per heavy atom. The van der Waals surface area contributed by atoms with Gasteiger partial charge in [-0.25, -0.2) is 4.79 Å². The van der Waals surface area contributed by atoms with Crippen LogP contribution in [-0.4, -0.2) is 25.0 Å². The van der Waals surface area contributed by atoms with Crippen LogP contribution in [0.4, 0.5) is 9.80 Å². The molecule has 2 N–H and O–H groups in total. The molecule has 142 valence electrons. The Hall–Kier alpha value is -2.67. The van der Waals surface area contributed by atoms with E-state index in [0.717, 1.165) is 29.7 Å². The molecule has 0 radical (unpaired) electrons. The Morgan fingerprint density at radius 2 is 1.74 bits per heavy atom. The molecule has 1 heterocycles. The number of thiophene rings is 1. The zero-order chi connectivity index (χ0) is 19.6. The number of hydrogen-bond donors (Lipinski definition) is 2. The van der Waals surface area contributed by atoms with E-state index in [1.54, 1.807) is 6.92 Å². The molecular formula is C20H22N2O4S. The molecule has 6 nitrogen and oxygen atoms in total. The largest absolute Gasteiger partial charge is 0.453 e. The number of alkyl carbamates (subject to hydrolysis) is 1. The average Bonchev–Trinajstić information content (AvgIpc) is 2.94. The number of aryl methyl sites for hydroxylation is 3. The second-order valence-electron chi connectivity index (χ2n) is 6.58. The van der Waals surface area contributed by atoms with E-state index in [1.807, 2.05) is 25.1 Å². The summed E-state index contributed by atoms with van der Waals surface area (Å²) in [5, 5.41) is 5.41. The van der Waals surface area contributed by atoms with Crippen molar-refractivity contribution in [3.05, 3.63) is 50.9 Å². The molecule has 7 heteroatoms. The molecule has 1 aliphatic carbocycles. The minimum absolute atomic E-state index is 0.267. The van der Waals surface area contributed by atoms with Crippen LogP contribution in [0, 0.1) is 13.8 Å². The summed E-state index contributed by atoms with van der Waals surface area (Å²) in [5.41, 5.74) is 4.10. The van der Waals surface area contributed by atoms with E-state index in [1.165, 1.54) is 36.0 Å². The molecule has 0 saturated carbocycles. The minimum Gasteiger partial charge on any atom is -0.453 e. The molecule has 3 rings (SSSR count). The highest BCUT2D eigenvalue weighted by Gasteiger charge is 2.23. The van der Waals surface area contributed by atoms with Gasteiger partial charge in [0.05, 0.1) is 12.7 Å². The summed E-state index contributed by atoms with van der Waals surface area (Å²) >= 11 is 1.31. The molecule has 0 unspecified atom stereocenters. The van der Waals surface area contributed by atoms with Gasteiger partial charge in [-0.3, -0.25) is 14.9 Å². The average molecular weight is 386 g/mol. The van der Waals surface area contributed by atoms with Crippen LogP contribution < -0.4 is 10.6 Å². The maximum absolute atomic E-state index is 12.7. The van der Waals surface area contributed by atoms with Crippen molar-refractivity contribution in [2.24, 2.45) is 0 Å². The Bertz CT molecular complexity index is 917. The van der Waals surface area contributed by atoms with Crippen molar-refractivity contribution in [1.29, 1.82) is 0 Å². The number of amides is 3. The number of anilines is 1. The second-order valence-corrected chi connectivity index (χ2v) is 7.80. The number of imide groups is 1. The second kappa shape index (κ2) is 7.92. The molecule has 0 saturated heterocycles. The molecular weight excluding hydrogens is 364 g/mol. The van der Waals surface area contributed by atoms with Crippen LogP contribution in [0.15, 0.2) is 18.2 Å². The van der Waals surface area contributed by atoms with Crippen molar-refractivity contribution in [1.82, 2.24) is 5.32 Å². The number of methoxy groups -OCH3 is 1. The summed E-state index contributed by atoms with van der Waals surface area (Å²) in [4.78, 5) is 37.4. The molecule has 0 spiro atoms. The van der Waals surface area contributed by atoms with Gasteiger partial charge in [0.1, 0.15) is 5.00 Å². The third kappa shape index (κ3) is 4.03. The Balaban J connectivity index is 1.85. The van der Waals surface area contributed by atoms with E-state index in [-0.39, 0.29) is 11.5 Å². The highest BCUT2D eigenvalue weighted by atomic mass is 32.1. The summed E-state index contributed by atoms with van der Waals surface area (Å²) in [6.45, 7) is 3.65. The summed E-state index contributed by atoms with van der Waals surface area (Å²) in [7, 11) is 1.19. The van der Waals surface area contributed by atoms with E-state index in [4.69, 9.17) is 0 Å². The fourth-order valence-electron chi connectivity index (χ4n) is 3.24. The number of carbonyl (C=O) groups excluding carboxylic acids is 3. The predicted octanol–water partition coefficient (Wildman–Crippen LogP) is 3.99. The van der Waals surface area contributed by atoms with Gasteiger partial charge in [-0.2, -0.15) is 0 Å². The van der Waals surface area contributed by atoms with Crippen LogP contribution in [0.3, 0.4) is 0 Å². The minimum atomic E-state index is -0.838. The SMILES string of the molecule is COC(=O)NC(=O)c1c(NC(=O)c2ccc3c(c2)CCCC3)sc(C)c1C. The molecule has 1 aromatic carbocycles. The lowest BCUT2D eigenvalue weighted by Gasteiger charge is -2.16. The Kier molecular flexibility index (Phi) is 5.60. The molecule has 0 bridgehead atoms. The number of ether oxygens (including phenoxy) is 1. The van der Waals surface area contributed by atoms with Crippen LogP contribution >= 0.6 is 11.3 Å². The lowest BCUT2D eigenvalue weighted by Crippen LogP contribution is -2.31. The molecule has 0 fully saturated rings. The van der Waals surface area contributed by atoms with Gasteiger partial charge in [-0.15, -0.1) is 11.3 Å². The van der Waals surface area contributed by atoms with Crippen molar-refractivity contribution < 1.29 is 19.1 Å². The van der Waals surface area contributed by atoms with E-state index in [2.05, 4.69) is 15.4 Å². The summed E-state index contributed by atoms with van der Waals surface area (Å²) in [6, 6.07) is 5.77. The van der Waals surface area contributed by atoms with Crippen LogP contribution in [0.5, 0.6) is 0 Å². The maximum Gasteiger partial charge on any atom is 0.413 e. The summed E-state index contributed by atoms with van der Waals surface area (Å²) < 4.78 is 4.48. The van der Waals surface area contributed by atoms with Gasteiger partial charge in [-0.05, 0) is 68.4 Å². The van der Waals surface area contributed by atoms with Gasteiger partial charge >= 0.3 is 6.09 Å². The first-order chi connectivity index (χ1) is 12.9. The fraction of sp³-hybridized carbons (Fsp3) is 0.350. The first-order valence-electron chi connectivity index (χ1n) is 8.83. The monoisotopic (exact) mass is 386 g/mol. The van der Waals surface area contributed by atoms with Gasteiger partial charge in [0.2, 0.25) is 0 Å². The van der Waals surface area contributed by atoms with Crippen LogP contribution in [0.25, 0.3) is 0 Å². The molecule has 3 amide bonds. The standard InChI is InChI=1S/C20H22N2O4S/c1-11-12(2)27-19(16(11)18(24)22-20(25)26-3)21-17(23)15-9-8-13-6-4-5-7-14(13)10-15/h8-10H,4-7H2,1-3H3,(H,21,23)(H,22,24,25). The van der Waals surface area contributed by atoms with Gasteiger partial charge in [0.15, 0.2) is 0 Å². The highest BCUT2D eigenvalue weighted by Crippen LogP contribution is 2.33. The quantitative estimate of drug-likeness (QED) is 0.835. The number of fused-ring (bicyclic) bond motifs is 1. The number of benzene rings is 1. The molecule has 27 heavy (non-hydrogen) atoms. The van der Waals surface area contributed by atoms with Crippen molar-refractivity contribution in [2.45, 2.75) is 39.5 Å². The zero-order valence-electron chi connectivity index (χ0n) is 15.6. The van der Waals surface area contributed by atoms with Crippen LogP contribution in [-0.2, 0) is 17.6 Å². The first-order valence-corrected chi connectivity index (χ1v) is 9.64. The van der Waals surface area contributed by atoms with Crippen LogP contribution in [0.1, 0.15) is 55.1 Å². The van der Waals surface area contributed by atoms with E-state index < -0.39 is 12.0 Å². The maximum atomic E-state index is 12.7. The molecule has 1 aliphatic rings. The molecule has 0 aliphatic heterocycles.